The van der Waals surface area contributed by atoms with Crippen LogP contribution in [0.1, 0.15) is 29.3 Å². The maximum atomic E-state index is 12.9. The quantitative estimate of drug-likeness (QED) is 0.241. The number of rotatable bonds is 9. The maximum Gasteiger partial charge on any atom is 0.310 e. The van der Waals surface area contributed by atoms with Crippen molar-refractivity contribution in [3.63, 3.8) is 0 Å². The minimum atomic E-state index is -0.603. The van der Waals surface area contributed by atoms with Crippen molar-refractivity contribution >= 4 is 40.8 Å². The first-order chi connectivity index (χ1) is 21.2. The minimum Gasteiger partial charge on any atom is -0.481 e. The van der Waals surface area contributed by atoms with Crippen molar-refractivity contribution in [2.24, 2.45) is 13.0 Å². The first kappa shape index (κ1) is 31.2. The van der Waals surface area contributed by atoms with Crippen LogP contribution in [0.5, 0.6) is 5.88 Å². The number of pyridine rings is 1. The molecule has 0 radical (unpaired) electrons. The van der Waals surface area contributed by atoms with Crippen LogP contribution in [0.2, 0.25) is 10.0 Å². The van der Waals surface area contributed by atoms with Crippen LogP contribution in [-0.4, -0.2) is 58.3 Å². The summed E-state index contributed by atoms with van der Waals surface area (Å²) in [6.07, 6.45) is 2.13. The zero-order valence-corrected chi connectivity index (χ0v) is 26.0. The van der Waals surface area contributed by atoms with Crippen molar-refractivity contribution in [1.82, 2.24) is 19.7 Å². The monoisotopic (exact) mass is 635 g/mol. The number of anilines is 1. The number of amides is 1. The molecule has 0 spiro atoms. The highest BCUT2D eigenvalue weighted by molar-refractivity contribution is 6.39. The molecule has 1 fully saturated rings. The Hall–Kier alpha value is -4.25. The summed E-state index contributed by atoms with van der Waals surface area (Å²) < 4.78 is 11.9. The molecule has 44 heavy (non-hydrogen) atoms. The molecule has 10 nitrogen and oxygen atoms in total. The molecule has 4 aromatic rings. The van der Waals surface area contributed by atoms with Gasteiger partial charge in [0.15, 0.2) is 0 Å². The number of aromatic nitrogens is 3. The minimum absolute atomic E-state index is 0.0592. The summed E-state index contributed by atoms with van der Waals surface area (Å²) in [6.45, 7) is 4.17. The first-order valence-corrected chi connectivity index (χ1v) is 14.8. The molecule has 0 saturated carbocycles. The van der Waals surface area contributed by atoms with Crippen molar-refractivity contribution in [1.29, 1.82) is 0 Å². The summed E-state index contributed by atoms with van der Waals surface area (Å²) in [6, 6.07) is 15.9. The van der Waals surface area contributed by atoms with Gasteiger partial charge in [-0.3, -0.25) is 19.3 Å². The highest BCUT2D eigenvalue weighted by Gasteiger charge is 2.30. The normalized spacial score (nSPS) is 14.8. The molecule has 1 aliphatic heterocycles. The molecule has 228 valence electrons. The van der Waals surface area contributed by atoms with Crippen molar-refractivity contribution in [2.45, 2.75) is 19.9 Å². The van der Waals surface area contributed by atoms with Gasteiger partial charge in [0.05, 0.1) is 41.1 Å². The Kier molecular flexibility index (Phi) is 9.63. The summed E-state index contributed by atoms with van der Waals surface area (Å²) in [4.78, 5) is 44.3. The summed E-state index contributed by atoms with van der Waals surface area (Å²) in [5, 5.41) is 7.25. The summed E-state index contributed by atoms with van der Waals surface area (Å²) in [7, 11) is 3.04. The first-order valence-electron chi connectivity index (χ1n) is 14.1. The smallest absolute Gasteiger partial charge is 0.310 e. The van der Waals surface area contributed by atoms with E-state index in [4.69, 9.17) is 37.7 Å². The van der Waals surface area contributed by atoms with E-state index in [2.05, 4.69) is 15.3 Å². The average molecular weight is 637 g/mol. The Balaban J connectivity index is 1.39. The summed E-state index contributed by atoms with van der Waals surface area (Å²) in [5.74, 6) is -0.420. The van der Waals surface area contributed by atoms with Gasteiger partial charge in [0.2, 0.25) is 5.88 Å². The van der Waals surface area contributed by atoms with Crippen LogP contribution in [-0.2, 0) is 23.1 Å². The Morgan fingerprint density at radius 2 is 1.75 bits per heavy atom. The number of carbonyl (C=O) groups is 2. The highest BCUT2D eigenvalue weighted by atomic mass is 35.5. The molecule has 12 heteroatoms. The molecule has 3 heterocycles. The number of hydrogen-bond acceptors (Lipinski definition) is 8. The molecule has 2 aromatic heterocycles. The lowest BCUT2D eigenvalue weighted by Gasteiger charge is -2.18. The Morgan fingerprint density at radius 3 is 2.50 bits per heavy atom. The van der Waals surface area contributed by atoms with Gasteiger partial charge in [-0.2, -0.15) is 5.10 Å². The number of nitrogens with zero attached hydrogens (tertiary/aromatic N) is 4. The molecule has 1 N–H and O–H groups in total. The molecular formula is C32H31Cl2N5O5. The van der Waals surface area contributed by atoms with Crippen molar-refractivity contribution in [3.05, 3.63) is 92.3 Å². The van der Waals surface area contributed by atoms with Gasteiger partial charge in [0, 0.05) is 48.6 Å². The lowest BCUT2D eigenvalue weighted by Crippen LogP contribution is -2.28. The van der Waals surface area contributed by atoms with Gasteiger partial charge >= 0.3 is 5.97 Å². The molecule has 1 saturated heterocycles. The highest BCUT2D eigenvalue weighted by Crippen LogP contribution is 2.41. The fourth-order valence-electron chi connectivity index (χ4n) is 5.23. The maximum absolute atomic E-state index is 12.9. The molecule has 1 atom stereocenters. The second-order valence-corrected chi connectivity index (χ2v) is 11.1. The third kappa shape index (κ3) is 6.47. The number of aryl methyl sites for hydroxylation is 1. The van der Waals surface area contributed by atoms with E-state index in [1.165, 1.54) is 19.3 Å². The topological polar surface area (TPSA) is 116 Å². The number of esters is 1. The van der Waals surface area contributed by atoms with Crippen LogP contribution in [0, 0.1) is 5.92 Å². The predicted molar refractivity (Wildman–Crippen MR) is 169 cm³/mol. The molecule has 1 amide bonds. The second-order valence-electron chi connectivity index (χ2n) is 10.3. The number of carbonyl (C=O) groups excluding carboxylic acids is 2. The van der Waals surface area contributed by atoms with Gasteiger partial charge in [0.25, 0.3) is 11.5 Å². The van der Waals surface area contributed by atoms with E-state index in [1.54, 1.807) is 25.3 Å². The number of ether oxygens (including phenoxy) is 2. The van der Waals surface area contributed by atoms with Gasteiger partial charge in [-0.1, -0.05) is 59.6 Å². The summed E-state index contributed by atoms with van der Waals surface area (Å²) in [5.41, 5.74) is 3.14. The van der Waals surface area contributed by atoms with Crippen LogP contribution in [0.3, 0.4) is 0 Å². The van der Waals surface area contributed by atoms with Crippen LogP contribution >= 0.6 is 23.2 Å². The number of hydrogen-bond donors (Lipinski definition) is 1. The predicted octanol–water partition coefficient (Wildman–Crippen LogP) is 5.46. The van der Waals surface area contributed by atoms with E-state index in [0.717, 1.165) is 23.2 Å². The molecule has 0 unspecified atom stereocenters. The molecule has 1 aliphatic rings. The number of benzene rings is 2. The Labute approximate surface area is 264 Å². The van der Waals surface area contributed by atoms with E-state index in [9.17, 15) is 14.4 Å². The van der Waals surface area contributed by atoms with Gasteiger partial charge in [-0.25, -0.2) is 9.67 Å². The third-order valence-electron chi connectivity index (χ3n) is 7.48. The van der Waals surface area contributed by atoms with Gasteiger partial charge in [0.1, 0.15) is 5.56 Å². The van der Waals surface area contributed by atoms with Crippen LogP contribution in [0.4, 0.5) is 5.69 Å². The molecule has 5 rings (SSSR count). The zero-order valence-electron chi connectivity index (χ0n) is 24.5. The van der Waals surface area contributed by atoms with Crippen molar-refractivity contribution < 1.29 is 19.1 Å². The fourth-order valence-corrected chi connectivity index (χ4v) is 5.83. The Bertz CT molecular complexity index is 1780. The van der Waals surface area contributed by atoms with Gasteiger partial charge in [-0.15, -0.1) is 0 Å². The third-order valence-corrected chi connectivity index (χ3v) is 8.29. The molecule has 2 aromatic carbocycles. The molecule has 0 aliphatic carbocycles. The fraction of sp³-hybridized carbons (Fsp3) is 0.281. The van der Waals surface area contributed by atoms with Crippen LogP contribution in [0.15, 0.2) is 65.6 Å². The van der Waals surface area contributed by atoms with E-state index >= 15 is 0 Å². The zero-order chi connectivity index (χ0) is 31.4. The van der Waals surface area contributed by atoms with Crippen LogP contribution in [0.25, 0.3) is 22.4 Å². The lowest BCUT2D eigenvalue weighted by atomic mass is 10.00. The van der Waals surface area contributed by atoms with Crippen molar-refractivity contribution in [3.8, 4) is 28.3 Å². The number of nitrogens with one attached hydrogen (secondary N) is 1. The molecule has 0 bridgehead atoms. The van der Waals surface area contributed by atoms with Gasteiger partial charge in [-0.05, 0) is 38.1 Å². The standard InChI is InChI=1S/C32H31Cl2N5O5/c1-4-44-32(42)20-14-16-39(18-20)17-19-11-12-25(37-30(19)43-3)23-9-5-7-21(27(23)33)22-8-6-10-26(28(22)34)36-29(40)24-13-15-35-38(2)31(24)41/h5-13,15,20H,4,14,16-18H2,1-3H3,(H,36,40)/t20-/m1/s1. The number of likely N-dealkylation sites (tertiary alicyclic amines) is 1. The van der Waals surface area contributed by atoms with E-state index < -0.39 is 11.5 Å². The number of halogens is 2. The van der Waals surface area contributed by atoms with E-state index in [0.29, 0.717) is 58.7 Å². The average Bonchev–Trinajstić information content (AvgIpc) is 3.49. The van der Waals surface area contributed by atoms with E-state index in [1.807, 2.05) is 37.3 Å². The number of methoxy groups -OCH3 is 1. The van der Waals surface area contributed by atoms with Crippen LogP contribution < -0.4 is 15.6 Å². The van der Waals surface area contributed by atoms with E-state index in [-0.39, 0.29) is 22.5 Å². The SMILES string of the molecule is CCOC(=O)[C@@H]1CCN(Cc2ccc(-c3cccc(-c4cccc(NC(=O)c5ccnn(C)c5=O)c4Cl)c3Cl)nc2OC)C1. The van der Waals surface area contributed by atoms with Crippen molar-refractivity contribution in [2.75, 3.05) is 32.1 Å². The summed E-state index contributed by atoms with van der Waals surface area (Å²) >= 11 is 13.7. The molecular weight excluding hydrogens is 605 g/mol. The Morgan fingerprint density at radius 1 is 1.02 bits per heavy atom. The van der Waals surface area contributed by atoms with Gasteiger partial charge < -0.3 is 14.8 Å². The lowest BCUT2D eigenvalue weighted by molar-refractivity contribution is -0.147. The second kappa shape index (κ2) is 13.6. The largest absolute Gasteiger partial charge is 0.481 e.